The van der Waals surface area contributed by atoms with Gasteiger partial charge in [0, 0.05) is 5.02 Å². The Kier molecular flexibility index (Phi) is 3.79. The fourth-order valence-corrected chi connectivity index (χ4v) is 1.16. The molecule has 0 aliphatic heterocycles. The van der Waals surface area contributed by atoms with Crippen molar-refractivity contribution in [3.63, 3.8) is 0 Å². The highest BCUT2D eigenvalue weighted by Gasteiger charge is 2.06. The van der Waals surface area contributed by atoms with Crippen molar-refractivity contribution in [1.82, 2.24) is 0 Å². The molecule has 0 spiro atoms. The number of hydrogen-bond donors (Lipinski definition) is 0. The van der Waals surface area contributed by atoms with E-state index in [-0.39, 0.29) is 6.10 Å². The molecule has 1 rings (SSSR count). The Bertz CT molecular complexity index is 357. The summed E-state index contributed by atoms with van der Waals surface area (Å²) in [6.45, 7) is 4.00. The molecule has 14 heavy (non-hydrogen) atoms. The monoisotopic (exact) mass is 209 g/mol. The SMILES string of the molecule is CCC(C)Oc1ccc(Cl)cc1C#N. The topological polar surface area (TPSA) is 33.0 Å². The molecule has 1 aromatic rings. The van der Waals surface area contributed by atoms with E-state index in [1.165, 1.54) is 0 Å². The Morgan fingerprint density at radius 2 is 2.29 bits per heavy atom. The Balaban J connectivity index is 2.92. The van der Waals surface area contributed by atoms with Crippen LogP contribution in [-0.2, 0) is 0 Å². The van der Waals surface area contributed by atoms with Gasteiger partial charge in [-0.25, -0.2) is 0 Å². The van der Waals surface area contributed by atoms with Gasteiger partial charge in [0.1, 0.15) is 11.8 Å². The Morgan fingerprint density at radius 1 is 1.57 bits per heavy atom. The van der Waals surface area contributed by atoms with Gasteiger partial charge in [-0.1, -0.05) is 18.5 Å². The van der Waals surface area contributed by atoms with Crippen molar-refractivity contribution < 1.29 is 4.74 Å². The highest BCUT2D eigenvalue weighted by atomic mass is 35.5. The van der Waals surface area contributed by atoms with Gasteiger partial charge in [-0.2, -0.15) is 5.26 Å². The highest BCUT2D eigenvalue weighted by molar-refractivity contribution is 6.30. The first kappa shape index (κ1) is 10.9. The van der Waals surface area contributed by atoms with E-state index in [1.54, 1.807) is 18.2 Å². The standard InChI is InChI=1S/C11H12ClNO/c1-3-8(2)14-11-5-4-10(12)6-9(11)7-13/h4-6,8H,3H2,1-2H3. The Labute approximate surface area is 89.1 Å². The van der Waals surface area contributed by atoms with Crippen LogP contribution in [0, 0.1) is 11.3 Å². The van der Waals surface area contributed by atoms with Crippen molar-refractivity contribution >= 4 is 11.6 Å². The number of hydrogen-bond acceptors (Lipinski definition) is 2. The quantitative estimate of drug-likeness (QED) is 0.765. The zero-order valence-corrected chi connectivity index (χ0v) is 9.01. The van der Waals surface area contributed by atoms with Crippen LogP contribution in [-0.4, -0.2) is 6.10 Å². The van der Waals surface area contributed by atoms with Gasteiger partial charge >= 0.3 is 0 Å². The molecule has 0 radical (unpaired) electrons. The summed E-state index contributed by atoms with van der Waals surface area (Å²) in [5.74, 6) is 0.603. The molecular weight excluding hydrogens is 198 g/mol. The van der Waals surface area contributed by atoms with Crippen LogP contribution in [0.25, 0.3) is 0 Å². The smallest absolute Gasteiger partial charge is 0.137 e. The normalized spacial score (nSPS) is 11.9. The molecule has 0 amide bonds. The summed E-state index contributed by atoms with van der Waals surface area (Å²) in [6, 6.07) is 7.12. The molecular formula is C11H12ClNO. The fourth-order valence-electron chi connectivity index (χ4n) is 0.992. The number of halogens is 1. The molecule has 1 unspecified atom stereocenters. The van der Waals surface area contributed by atoms with Gasteiger partial charge in [0.25, 0.3) is 0 Å². The summed E-state index contributed by atoms with van der Waals surface area (Å²) in [5.41, 5.74) is 0.484. The molecule has 74 valence electrons. The average molecular weight is 210 g/mol. The van der Waals surface area contributed by atoms with E-state index in [4.69, 9.17) is 21.6 Å². The van der Waals surface area contributed by atoms with Crippen molar-refractivity contribution in [2.45, 2.75) is 26.4 Å². The van der Waals surface area contributed by atoms with Crippen LogP contribution in [0.4, 0.5) is 0 Å². The first-order valence-corrected chi connectivity index (χ1v) is 4.91. The van der Waals surface area contributed by atoms with E-state index in [1.807, 2.05) is 13.8 Å². The second-order valence-corrected chi connectivity index (χ2v) is 3.53. The third-order valence-electron chi connectivity index (χ3n) is 1.97. The molecule has 0 bridgehead atoms. The van der Waals surface area contributed by atoms with E-state index < -0.39 is 0 Å². The van der Waals surface area contributed by atoms with Crippen molar-refractivity contribution in [2.75, 3.05) is 0 Å². The molecule has 0 aromatic heterocycles. The summed E-state index contributed by atoms with van der Waals surface area (Å²) < 4.78 is 5.56. The molecule has 0 saturated carbocycles. The van der Waals surface area contributed by atoms with E-state index in [0.29, 0.717) is 16.3 Å². The highest BCUT2D eigenvalue weighted by Crippen LogP contribution is 2.23. The maximum Gasteiger partial charge on any atom is 0.137 e. The fraction of sp³-hybridized carbons (Fsp3) is 0.364. The second-order valence-electron chi connectivity index (χ2n) is 3.09. The molecule has 1 atom stereocenters. The maximum absolute atomic E-state index is 8.84. The van der Waals surface area contributed by atoms with E-state index in [0.717, 1.165) is 6.42 Å². The summed E-state index contributed by atoms with van der Waals surface area (Å²) in [6.07, 6.45) is 1.02. The van der Waals surface area contributed by atoms with Crippen LogP contribution in [0.15, 0.2) is 18.2 Å². The van der Waals surface area contributed by atoms with E-state index >= 15 is 0 Å². The zero-order valence-electron chi connectivity index (χ0n) is 8.25. The molecule has 0 aliphatic carbocycles. The van der Waals surface area contributed by atoms with Gasteiger partial charge in [-0.05, 0) is 31.5 Å². The first-order chi connectivity index (χ1) is 6.67. The summed E-state index contributed by atoms with van der Waals surface area (Å²) in [5, 5.41) is 9.39. The minimum absolute atomic E-state index is 0.114. The molecule has 0 N–H and O–H groups in total. The molecule has 2 nitrogen and oxygen atoms in total. The Hall–Kier alpha value is -1.20. The van der Waals surface area contributed by atoms with Gasteiger partial charge in [-0.15, -0.1) is 0 Å². The summed E-state index contributed by atoms with van der Waals surface area (Å²) in [7, 11) is 0. The van der Waals surface area contributed by atoms with Crippen molar-refractivity contribution in [3.8, 4) is 11.8 Å². The largest absolute Gasteiger partial charge is 0.489 e. The van der Waals surface area contributed by atoms with Gasteiger partial charge < -0.3 is 4.74 Å². The molecule has 0 aliphatic rings. The average Bonchev–Trinajstić information content (AvgIpc) is 2.20. The number of ether oxygens (including phenoxy) is 1. The predicted octanol–water partition coefficient (Wildman–Crippen LogP) is 3.39. The lowest BCUT2D eigenvalue weighted by Gasteiger charge is -2.13. The lowest BCUT2D eigenvalue weighted by atomic mass is 10.2. The molecule has 0 saturated heterocycles. The van der Waals surface area contributed by atoms with Crippen LogP contribution in [0.1, 0.15) is 25.8 Å². The number of nitrogens with zero attached hydrogens (tertiary/aromatic N) is 1. The van der Waals surface area contributed by atoms with Crippen LogP contribution < -0.4 is 4.74 Å². The van der Waals surface area contributed by atoms with Crippen molar-refractivity contribution in [2.24, 2.45) is 0 Å². The summed E-state index contributed by atoms with van der Waals surface area (Å²) in [4.78, 5) is 0. The van der Waals surface area contributed by atoms with Gasteiger partial charge in [0.05, 0.1) is 11.7 Å². The lowest BCUT2D eigenvalue weighted by Crippen LogP contribution is -2.10. The Morgan fingerprint density at radius 3 is 2.86 bits per heavy atom. The van der Waals surface area contributed by atoms with Crippen molar-refractivity contribution in [3.05, 3.63) is 28.8 Å². The van der Waals surface area contributed by atoms with E-state index in [9.17, 15) is 0 Å². The van der Waals surface area contributed by atoms with Gasteiger partial charge in [0.15, 0.2) is 0 Å². The molecule has 0 fully saturated rings. The minimum Gasteiger partial charge on any atom is -0.489 e. The van der Waals surface area contributed by atoms with Crippen LogP contribution in [0.5, 0.6) is 5.75 Å². The molecule has 0 heterocycles. The first-order valence-electron chi connectivity index (χ1n) is 4.53. The second kappa shape index (κ2) is 4.88. The lowest BCUT2D eigenvalue weighted by molar-refractivity contribution is 0.217. The predicted molar refractivity (Wildman–Crippen MR) is 56.5 cm³/mol. The van der Waals surface area contributed by atoms with Gasteiger partial charge in [0.2, 0.25) is 0 Å². The van der Waals surface area contributed by atoms with E-state index in [2.05, 4.69) is 6.07 Å². The number of benzene rings is 1. The third kappa shape index (κ3) is 2.65. The van der Waals surface area contributed by atoms with Crippen molar-refractivity contribution in [1.29, 1.82) is 5.26 Å². The third-order valence-corrected chi connectivity index (χ3v) is 2.20. The number of rotatable bonds is 3. The maximum atomic E-state index is 8.84. The van der Waals surface area contributed by atoms with Gasteiger partial charge in [-0.3, -0.25) is 0 Å². The number of nitriles is 1. The molecule has 1 aromatic carbocycles. The van der Waals surface area contributed by atoms with Crippen LogP contribution >= 0.6 is 11.6 Å². The minimum atomic E-state index is 0.114. The van der Waals surface area contributed by atoms with Crippen LogP contribution in [0.2, 0.25) is 5.02 Å². The summed E-state index contributed by atoms with van der Waals surface area (Å²) >= 11 is 5.76. The zero-order chi connectivity index (χ0) is 10.6. The molecule has 3 heteroatoms. The van der Waals surface area contributed by atoms with Crippen LogP contribution in [0.3, 0.4) is 0 Å².